The number of aryl methyl sites for hydroxylation is 1. The smallest absolute Gasteiger partial charge is 0.130 e. The lowest BCUT2D eigenvalue weighted by Gasteiger charge is -2.18. The van der Waals surface area contributed by atoms with Crippen LogP contribution in [0.3, 0.4) is 0 Å². The van der Waals surface area contributed by atoms with Crippen LogP contribution in [0.15, 0.2) is 30.6 Å². The third-order valence-corrected chi connectivity index (χ3v) is 3.79. The largest absolute Gasteiger partial charge is 0.337 e. The maximum atomic E-state index is 13.6. The standard InChI is InChI=1S/C15H17F2N3/c1-20-8-7-18-15(20)14(10-5-6-10)19-9-11-12(16)3-2-4-13(11)17/h2-4,7-8,10,14,19H,5-6,9H2,1H3/t14-/m0/s1. The minimum atomic E-state index is -0.508. The molecule has 3 nitrogen and oxygen atoms in total. The lowest BCUT2D eigenvalue weighted by atomic mass is 10.1. The molecule has 0 saturated heterocycles. The second-order valence-electron chi connectivity index (χ2n) is 5.29. The number of imidazole rings is 1. The zero-order chi connectivity index (χ0) is 14.1. The third-order valence-electron chi connectivity index (χ3n) is 3.79. The van der Waals surface area contributed by atoms with E-state index in [0.29, 0.717) is 5.92 Å². The lowest BCUT2D eigenvalue weighted by molar-refractivity contribution is 0.431. The van der Waals surface area contributed by atoms with Crippen molar-refractivity contribution in [3.8, 4) is 0 Å². The molecule has 0 spiro atoms. The van der Waals surface area contributed by atoms with Crippen LogP contribution in [-0.4, -0.2) is 9.55 Å². The number of hydrogen-bond donors (Lipinski definition) is 1. The van der Waals surface area contributed by atoms with Crippen LogP contribution in [0, 0.1) is 17.6 Å². The Labute approximate surface area is 116 Å². The van der Waals surface area contributed by atoms with Crippen LogP contribution in [0.4, 0.5) is 8.78 Å². The molecule has 1 N–H and O–H groups in total. The van der Waals surface area contributed by atoms with Crippen LogP contribution in [-0.2, 0) is 13.6 Å². The Morgan fingerprint density at radius 3 is 2.60 bits per heavy atom. The third kappa shape index (κ3) is 2.58. The van der Waals surface area contributed by atoms with E-state index in [9.17, 15) is 8.78 Å². The molecule has 1 heterocycles. The first-order chi connectivity index (χ1) is 9.66. The number of aromatic nitrogens is 2. The summed E-state index contributed by atoms with van der Waals surface area (Å²) >= 11 is 0. The molecular weight excluding hydrogens is 260 g/mol. The molecule has 1 aromatic carbocycles. The van der Waals surface area contributed by atoms with Crippen molar-refractivity contribution in [2.24, 2.45) is 13.0 Å². The van der Waals surface area contributed by atoms with E-state index >= 15 is 0 Å². The van der Waals surface area contributed by atoms with E-state index in [1.54, 1.807) is 6.20 Å². The van der Waals surface area contributed by atoms with Gasteiger partial charge in [-0.05, 0) is 30.9 Å². The molecular formula is C15H17F2N3. The Morgan fingerprint density at radius 2 is 2.05 bits per heavy atom. The van der Waals surface area contributed by atoms with Gasteiger partial charge in [0.05, 0.1) is 6.04 Å². The van der Waals surface area contributed by atoms with Gasteiger partial charge in [0.2, 0.25) is 0 Å². The van der Waals surface area contributed by atoms with E-state index in [2.05, 4.69) is 10.3 Å². The van der Waals surface area contributed by atoms with Crippen LogP contribution in [0.1, 0.15) is 30.3 Å². The molecule has 1 fully saturated rings. The van der Waals surface area contributed by atoms with Crippen molar-refractivity contribution in [1.82, 2.24) is 14.9 Å². The quantitative estimate of drug-likeness (QED) is 0.910. The molecule has 0 unspecified atom stereocenters. The van der Waals surface area contributed by atoms with Gasteiger partial charge in [0, 0.05) is 31.5 Å². The van der Waals surface area contributed by atoms with E-state index in [1.807, 2.05) is 17.8 Å². The molecule has 3 rings (SSSR count). The highest BCUT2D eigenvalue weighted by Gasteiger charge is 2.34. The molecule has 2 aromatic rings. The molecule has 1 atom stereocenters. The van der Waals surface area contributed by atoms with E-state index in [1.165, 1.54) is 18.2 Å². The van der Waals surface area contributed by atoms with E-state index in [0.717, 1.165) is 18.7 Å². The van der Waals surface area contributed by atoms with Gasteiger partial charge in [-0.15, -0.1) is 0 Å². The van der Waals surface area contributed by atoms with Crippen LogP contribution < -0.4 is 5.32 Å². The maximum Gasteiger partial charge on any atom is 0.130 e. The molecule has 0 radical (unpaired) electrons. The molecule has 0 aliphatic heterocycles. The number of nitrogens with zero attached hydrogens (tertiary/aromatic N) is 2. The molecule has 5 heteroatoms. The molecule has 1 aromatic heterocycles. The van der Waals surface area contributed by atoms with Gasteiger partial charge in [-0.3, -0.25) is 0 Å². The minimum Gasteiger partial charge on any atom is -0.337 e. The van der Waals surface area contributed by atoms with Crippen LogP contribution >= 0.6 is 0 Å². The Bertz CT molecular complexity index is 585. The second kappa shape index (κ2) is 5.32. The van der Waals surface area contributed by atoms with E-state index in [-0.39, 0.29) is 18.2 Å². The van der Waals surface area contributed by atoms with Gasteiger partial charge in [0.25, 0.3) is 0 Å². The molecule has 0 amide bonds. The van der Waals surface area contributed by atoms with Crippen LogP contribution in [0.5, 0.6) is 0 Å². The average Bonchev–Trinajstić information content (AvgIpc) is 3.16. The average molecular weight is 277 g/mol. The summed E-state index contributed by atoms with van der Waals surface area (Å²) in [6.45, 7) is 0.173. The fourth-order valence-electron chi connectivity index (χ4n) is 2.49. The van der Waals surface area contributed by atoms with Gasteiger partial charge in [0.15, 0.2) is 0 Å². The monoisotopic (exact) mass is 277 g/mol. The molecule has 0 bridgehead atoms. The van der Waals surface area contributed by atoms with Gasteiger partial charge >= 0.3 is 0 Å². The minimum absolute atomic E-state index is 0.0500. The van der Waals surface area contributed by atoms with Crippen molar-refractivity contribution in [1.29, 1.82) is 0 Å². The van der Waals surface area contributed by atoms with Gasteiger partial charge in [-0.1, -0.05) is 6.07 Å². The van der Waals surface area contributed by atoms with E-state index in [4.69, 9.17) is 0 Å². The van der Waals surface area contributed by atoms with E-state index < -0.39 is 11.6 Å². The van der Waals surface area contributed by atoms with Gasteiger partial charge in [0.1, 0.15) is 17.5 Å². The fourth-order valence-corrected chi connectivity index (χ4v) is 2.49. The summed E-state index contributed by atoms with van der Waals surface area (Å²) in [5.74, 6) is 0.411. The van der Waals surface area contributed by atoms with Crippen molar-refractivity contribution in [3.05, 3.63) is 53.6 Å². The number of hydrogen-bond acceptors (Lipinski definition) is 2. The molecule has 1 saturated carbocycles. The van der Waals surface area contributed by atoms with Crippen molar-refractivity contribution in [2.45, 2.75) is 25.4 Å². The molecule has 106 valence electrons. The summed E-state index contributed by atoms with van der Waals surface area (Å²) in [4.78, 5) is 4.35. The molecule has 20 heavy (non-hydrogen) atoms. The topological polar surface area (TPSA) is 29.9 Å². The van der Waals surface area contributed by atoms with Crippen LogP contribution in [0.2, 0.25) is 0 Å². The predicted octanol–water partition coefficient (Wildman–Crippen LogP) is 2.94. The number of nitrogens with one attached hydrogen (secondary N) is 1. The summed E-state index contributed by atoms with van der Waals surface area (Å²) in [6, 6.07) is 4.00. The van der Waals surface area contributed by atoms with Gasteiger partial charge in [-0.25, -0.2) is 13.8 Å². The highest BCUT2D eigenvalue weighted by Crippen LogP contribution is 2.40. The zero-order valence-electron chi connectivity index (χ0n) is 11.3. The summed E-state index contributed by atoms with van der Waals surface area (Å²) in [5, 5.41) is 3.26. The fraction of sp³-hybridized carbons (Fsp3) is 0.400. The molecule has 1 aliphatic rings. The van der Waals surface area contributed by atoms with Crippen molar-refractivity contribution >= 4 is 0 Å². The Balaban J connectivity index is 1.77. The van der Waals surface area contributed by atoms with Crippen LogP contribution in [0.25, 0.3) is 0 Å². The summed E-state index contributed by atoms with van der Waals surface area (Å²) in [7, 11) is 1.93. The van der Waals surface area contributed by atoms with Gasteiger partial charge < -0.3 is 9.88 Å². The van der Waals surface area contributed by atoms with Crippen molar-refractivity contribution in [3.63, 3.8) is 0 Å². The van der Waals surface area contributed by atoms with Crippen molar-refractivity contribution < 1.29 is 8.78 Å². The SMILES string of the molecule is Cn1ccnc1[C@@H](NCc1c(F)cccc1F)C1CC1. The zero-order valence-corrected chi connectivity index (χ0v) is 11.3. The predicted molar refractivity (Wildman–Crippen MR) is 71.9 cm³/mol. The molecule has 1 aliphatic carbocycles. The van der Waals surface area contributed by atoms with Crippen molar-refractivity contribution in [2.75, 3.05) is 0 Å². The second-order valence-corrected chi connectivity index (χ2v) is 5.29. The Hall–Kier alpha value is -1.75. The Kier molecular flexibility index (Phi) is 3.53. The first kappa shape index (κ1) is 13.2. The Morgan fingerprint density at radius 1 is 1.35 bits per heavy atom. The lowest BCUT2D eigenvalue weighted by Crippen LogP contribution is -2.26. The van der Waals surface area contributed by atoms with Gasteiger partial charge in [-0.2, -0.15) is 0 Å². The summed E-state index contributed by atoms with van der Waals surface area (Å²) < 4.78 is 29.2. The number of rotatable bonds is 5. The number of halogens is 2. The highest BCUT2D eigenvalue weighted by molar-refractivity contribution is 5.20. The first-order valence-corrected chi connectivity index (χ1v) is 6.80. The number of benzene rings is 1. The normalized spacial score (nSPS) is 16.4. The first-order valence-electron chi connectivity index (χ1n) is 6.80. The summed E-state index contributed by atoms with van der Waals surface area (Å²) in [5.41, 5.74) is 0.0901. The summed E-state index contributed by atoms with van der Waals surface area (Å²) in [6.07, 6.45) is 5.89. The maximum absolute atomic E-state index is 13.6. The highest BCUT2D eigenvalue weighted by atomic mass is 19.1.